The summed E-state index contributed by atoms with van der Waals surface area (Å²) in [7, 11) is 1.67. The summed E-state index contributed by atoms with van der Waals surface area (Å²) in [4.78, 5) is 2.41. The summed E-state index contributed by atoms with van der Waals surface area (Å²) in [6, 6.07) is 5.98. The molecule has 1 N–H and O–H groups in total. The second kappa shape index (κ2) is 5.93. The fourth-order valence-corrected chi connectivity index (χ4v) is 3.05. The van der Waals surface area contributed by atoms with Crippen molar-refractivity contribution in [3.63, 3.8) is 0 Å². The molecular weight excluding hydrogens is 238 g/mol. The Balaban J connectivity index is 2.24. The van der Waals surface area contributed by atoms with Gasteiger partial charge in [-0.1, -0.05) is 13.0 Å². The summed E-state index contributed by atoms with van der Waals surface area (Å²) >= 11 is 0. The van der Waals surface area contributed by atoms with Crippen molar-refractivity contribution in [2.75, 3.05) is 26.7 Å². The van der Waals surface area contributed by atoms with Crippen molar-refractivity contribution in [1.82, 2.24) is 4.90 Å². The Kier molecular flexibility index (Phi) is 4.48. The van der Waals surface area contributed by atoms with Gasteiger partial charge in [0.25, 0.3) is 0 Å². The number of hydrogen-bond acceptors (Lipinski definition) is 3. The van der Waals surface area contributed by atoms with Crippen LogP contribution in [0.15, 0.2) is 18.2 Å². The molecule has 19 heavy (non-hydrogen) atoms. The molecule has 0 aliphatic carbocycles. The summed E-state index contributed by atoms with van der Waals surface area (Å²) in [5, 5.41) is 11.0. The average molecular weight is 263 g/mol. The summed E-state index contributed by atoms with van der Waals surface area (Å²) in [6.45, 7) is 7.37. The number of aliphatic hydroxyl groups is 1. The van der Waals surface area contributed by atoms with Gasteiger partial charge in [0.1, 0.15) is 5.75 Å². The molecule has 1 aliphatic heterocycles. The SMILES string of the molecule is CCN1CCCC(O)(c2ccc(OC)cc2C)CC1. The molecule has 1 fully saturated rings. The molecule has 1 heterocycles. The van der Waals surface area contributed by atoms with Gasteiger partial charge >= 0.3 is 0 Å². The monoisotopic (exact) mass is 263 g/mol. The lowest BCUT2D eigenvalue weighted by molar-refractivity contribution is 0.0207. The van der Waals surface area contributed by atoms with E-state index in [1.54, 1.807) is 7.11 Å². The minimum Gasteiger partial charge on any atom is -0.497 e. The molecule has 0 spiro atoms. The Bertz CT molecular complexity index is 433. The topological polar surface area (TPSA) is 32.7 Å². The first-order valence-electron chi connectivity index (χ1n) is 7.19. The summed E-state index contributed by atoms with van der Waals surface area (Å²) in [6.07, 6.45) is 2.71. The van der Waals surface area contributed by atoms with Gasteiger partial charge in [-0.3, -0.25) is 0 Å². The first kappa shape index (κ1) is 14.4. The molecule has 0 saturated carbocycles. The van der Waals surface area contributed by atoms with E-state index in [2.05, 4.69) is 18.7 Å². The van der Waals surface area contributed by atoms with E-state index in [0.29, 0.717) is 0 Å². The summed E-state index contributed by atoms with van der Waals surface area (Å²) < 4.78 is 5.24. The Morgan fingerprint density at radius 3 is 2.74 bits per heavy atom. The maximum absolute atomic E-state index is 11.0. The normalized spacial score (nSPS) is 25.1. The fraction of sp³-hybridized carbons (Fsp3) is 0.625. The maximum atomic E-state index is 11.0. The standard InChI is InChI=1S/C16H25NO2/c1-4-17-10-5-8-16(18,9-11-17)15-7-6-14(19-3)12-13(15)2/h6-7,12,18H,4-5,8-11H2,1-3H3. The zero-order valence-corrected chi connectivity index (χ0v) is 12.3. The smallest absolute Gasteiger partial charge is 0.119 e. The van der Waals surface area contributed by atoms with Gasteiger partial charge in [-0.25, -0.2) is 0 Å². The third kappa shape index (κ3) is 3.10. The molecule has 1 unspecified atom stereocenters. The number of likely N-dealkylation sites (tertiary alicyclic amines) is 1. The van der Waals surface area contributed by atoms with Crippen LogP contribution in [0.5, 0.6) is 5.75 Å². The number of methoxy groups -OCH3 is 1. The van der Waals surface area contributed by atoms with E-state index in [-0.39, 0.29) is 0 Å². The lowest BCUT2D eigenvalue weighted by atomic mass is 9.84. The van der Waals surface area contributed by atoms with Crippen LogP contribution >= 0.6 is 0 Å². The molecule has 1 aliphatic rings. The maximum Gasteiger partial charge on any atom is 0.119 e. The van der Waals surface area contributed by atoms with E-state index < -0.39 is 5.60 Å². The van der Waals surface area contributed by atoms with Gasteiger partial charge in [0.2, 0.25) is 0 Å². The number of nitrogens with zero attached hydrogens (tertiary/aromatic N) is 1. The van der Waals surface area contributed by atoms with Gasteiger partial charge < -0.3 is 14.7 Å². The van der Waals surface area contributed by atoms with E-state index in [1.165, 1.54) is 0 Å². The molecule has 1 saturated heterocycles. The Labute approximate surface area is 116 Å². The molecular formula is C16H25NO2. The first-order chi connectivity index (χ1) is 9.09. The van der Waals surface area contributed by atoms with Crippen LogP contribution in [0.2, 0.25) is 0 Å². The van der Waals surface area contributed by atoms with Crippen LogP contribution in [-0.2, 0) is 5.60 Å². The second-order valence-electron chi connectivity index (χ2n) is 5.50. The van der Waals surface area contributed by atoms with Crippen LogP contribution in [-0.4, -0.2) is 36.8 Å². The molecule has 1 atom stereocenters. The molecule has 0 aromatic heterocycles. The minimum atomic E-state index is -0.680. The van der Waals surface area contributed by atoms with Crippen molar-refractivity contribution in [2.24, 2.45) is 0 Å². The minimum absolute atomic E-state index is 0.680. The van der Waals surface area contributed by atoms with Crippen molar-refractivity contribution in [2.45, 2.75) is 38.7 Å². The van der Waals surface area contributed by atoms with Crippen LogP contribution < -0.4 is 4.74 Å². The van der Waals surface area contributed by atoms with Crippen molar-refractivity contribution < 1.29 is 9.84 Å². The van der Waals surface area contributed by atoms with Crippen LogP contribution in [0.4, 0.5) is 0 Å². The van der Waals surface area contributed by atoms with Gasteiger partial charge in [-0.2, -0.15) is 0 Å². The highest BCUT2D eigenvalue weighted by Crippen LogP contribution is 2.35. The number of aryl methyl sites for hydroxylation is 1. The van der Waals surface area contributed by atoms with Crippen LogP contribution in [0, 0.1) is 6.92 Å². The van der Waals surface area contributed by atoms with Crippen molar-refractivity contribution >= 4 is 0 Å². The van der Waals surface area contributed by atoms with Gasteiger partial charge in [-0.05, 0) is 62.5 Å². The summed E-state index contributed by atoms with van der Waals surface area (Å²) in [5.41, 5.74) is 1.50. The highest BCUT2D eigenvalue weighted by Gasteiger charge is 2.32. The highest BCUT2D eigenvalue weighted by atomic mass is 16.5. The molecule has 106 valence electrons. The third-order valence-corrected chi connectivity index (χ3v) is 4.29. The van der Waals surface area contributed by atoms with Gasteiger partial charge in [0.05, 0.1) is 12.7 Å². The zero-order chi connectivity index (χ0) is 13.9. The van der Waals surface area contributed by atoms with Crippen molar-refractivity contribution in [3.8, 4) is 5.75 Å². The molecule has 0 radical (unpaired) electrons. The van der Waals surface area contributed by atoms with Crippen LogP contribution in [0.3, 0.4) is 0 Å². The van der Waals surface area contributed by atoms with Crippen LogP contribution in [0.1, 0.15) is 37.3 Å². The third-order valence-electron chi connectivity index (χ3n) is 4.29. The Morgan fingerprint density at radius 1 is 1.32 bits per heavy atom. The lowest BCUT2D eigenvalue weighted by Gasteiger charge is -2.29. The predicted octanol–water partition coefficient (Wildman–Crippen LogP) is 2.70. The van der Waals surface area contributed by atoms with Crippen molar-refractivity contribution in [1.29, 1.82) is 0 Å². The number of hydrogen-bond donors (Lipinski definition) is 1. The molecule has 3 heteroatoms. The number of ether oxygens (including phenoxy) is 1. The quantitative estimate of drug-likeness (QED) is 0.910. The largest absolute Gasteiger partial charge is 0.497 e. The van der Waals surface area contributed by atoms with Crippen molar-refractivity contribution in [3.05, 3.63) is 29.3 Å². The van der Waals surface area contributed by atoms with Crippen LogP contribution in [0.25, 0.3) is 0 Å². The Hall–Kier alpha value is -1.06. The van der Waals surface area contributed by atoms with E-state index in [1.807, 2.05) is 18.2 Å². The molecule has 1 aromatic rings. The number of rotatable bonds is 3. The number of benzene rings is 1. The second-order valence-corrected chi connectivity index (χ2v) is 5.50. The van der Waals surface area contributed by atoms with Gasteiger partial charge in [0, 0.05) is 6.54 Å². The lowest BCUT2D eigenvalue weighted by Crippen LogP contribution is -2.29. The van der Waals surface area contributed by atoms with E-state index >= 15 is 0 Å². The van der Waals surface area contributed by atoms with E-state index in [0.717, 1.165) is 55.8 Å². The predicted molar refractivity (Wildman–Crippen MR) is 77.6 cm³/mol. The Morgan fingerprint density at radius 2 is 2.11 bits per heavy atom. The van der Waals surface area contributed by atoms with E-state index in [4.69, 9.17) is 4.74 Å². The molecule has 1 aromatic carbocycles. The molecule has 0 amide bonds. The average Bonchev–Trinajstić information content (AvgIpc) is 2.61. The van der Waals surface area contributed by atoms with Gasteiger partial charge in [0.15, 0.2) is 0 Å². The molecule has 2 rings (SSSR count). The molecule has 3 nitrogen and oxygen atoms in total. The van der Waals surface area contributed by atoms with Gasteiger partial charge in [-0.15, -0.1) is 0 Å². The molecule has 0 bridgehead atoms. The zero-order valence-electron chi connectivity index (χ0n) is 12.3. The van der Waals surface area contributed by atoms with E-state index in [9.17, 15) is 5.11 Å². The summed E-state index contributed by atoms with van der Waals surface area (Å²) in [5.74, 6) is 0.855. The fourth-order valence-electron chi connectivity index (χ4n) is 3.05. The highest BCUT2D eigenvalue weighted by molar-refractivity contribution is 5.38. The first-order valence-corrected chi connectivity index (χ1v) is 7.19.